The second kappa shape index (κ2) is 5.57. The summed E-state index contributed by atoms with van der Waals surface area (Å²) in [6, 6.07) is 3.13. The Morgan fingerprint density at radius 3 is 2.40 bits per heavy atom. The van der Waals surface area contributed by atoms with Gasteiger partial charge in [-0.25, -0.2) is 13.1 Å². The van der Waals surface area contributed by atoms with Crippen molar-refractivity contribution in [1.29, 1.82) is 0 Å². The van der Waals surface area contributed by atoms with Crippen molar-refractivity contribution in [2.45, 2.75) is 36.8 Å². The van der Waals surface area contributed by atoms with E-state index < -0.39 is 15.6 Å². The first-order valence-corrected chi connectivity index (χ1v) is 9.13. The van der Waals surface area contributed by atoms with Crippen LogP contribution in [-0.4, -0.2) is 26.7 Å². The number of ether oxygens (including phenoxy) is 1. The van der Waals surface area contributed by atoms with Gasteiger partial charge in [-0.2, -0.15) is 0 Å². The Kier molecular flexibility index (Phi) is 4.52. The van der Waals surface area contributed by atoms with E-state index in [1.165, 1.54) is 0 Å². The average molecular weight is 428 g/mol. The van der Waals surface area contributed by atoms with Crippen molar-refractivity contribution in [1.82, 2.24) is 4.72 Å². The number of nitrogens with two attached hydrogens (primary N) is 1. The van der Waals surface area contributed by atoms with Gasteiger partial charge in [-0.15, -0.1) is 0 Å². The summed E-state index contributed by atoms with van der Waals surface area (Å²) in [4.78, 5) is 0.145. The number of nitrogen functional groups attached to an aromatic ring is 1. The van der Waals surface area contributed by atoms with Crippen LogP contribution in [0.3, 0.4) is 0 Å². The molecular weight excluding hydrogens is 412 g/mol. The molecule has 2 atom stereocenters. The molecule has 1 aromatic carbocycles. The Morgan fingerprint density at radius 1 is 1.40 bits per heavy atom. The van der Waals surface area contributed by atoms with Crippen molar-refractivity contribution in [3.8, 4) is 0 Å². The molecule has 2 unspecified atom stereocenters. The number of hydrogen-bond acceptors (Lipinski definition) is 4. The van der Waals surface area contributed by atoms with Crippen LogP contribution in [0.2, 0.25) is 0 Å². The smallest absolute Gasteiger partial charge is 0.243 e. The number of anilines is 1. The number of nitrogens with one attached hydrogen (secondary N) is 1. The van der Waals surface area contributed by atoms with E-state index in [0.29, 0.717) is 27.7 Å². The van der Waals surface area contributed by atoms with Crippen LogP contribution in [0.15, 0.2) is 26.0 Å². The molecule has 0 spiro atoms. The van der Waals surface area contributed by atoms with Gasteiger partial charge in [0.05, 0.1) is 11.6 Å². The fourth-order valence-electron chi connectivity index (χ4n) is 2.16. The van der Waals surface area contributed by atoms with Crippen molar-refractivity contribution in [3.05, 3.63) is 21.1 Å². The minimum atomic E-state index is -3.69. The number of rotatable bonds is 3. The molecule has 1 saturated heterocycles. The summed E-state index contributed by atoms with van der Waals surface area (Å²) in [7, 11) is -3.69. The summed E-state index contributed by atoms with van der Waals surface area (Å²) in [5, 5.41) is 0. The normalized spacial score (nSPS) is 26.9. The van der Waals surface area contributed by atoms with E-state index >= 15 is 0 Å². The standard InChI is InChI=1S/C12H16Br2N2O3S/c1-7-12(2,3-4-19-7)16-20(17,18)11-9(13)5-8(15)6-10(11)14/h5-7,16H,3-4,15H2,1-2H3. The quantitative estimate of drug-likeness (QED) is 0.726. The number of benzene rings is 1. The van der Waals surface area contributed by atoms with Gasteiger partial charge in [0.2, 0.25) is 10.0 Å². The minimum absolute atomic E-state index is 0.145. The van der Waals surface area contributed by atoms with Gasteiger partial charge >= 0.3 is 0 Å². The van der Waals surface area contributed by atoms with Gasteiger partial charge in [0.15, 0.2) is 0 Å². The number of sulfonamides is 1. The molecular formula is C12H16Br2N2O3S. The van der Waals surface area contributed by atoms with E-state index in [0.717, 1.165) is 0 Å². The van der Waals surface area contributed by atoms with E-state index in [4.69, 9.17) is 10.5 Å². The fraction of sp³-hybridized carbons (Fsp3) is 0.500. The van der Waals surface area contributed by atoms with Crippen LogP contribution in [0, 0.1) is 0 Å². The Morgan fingerprint density at radius 2 is 1.95 bits per heavy atom. The molecule has 2 rings (SSSR count). The molecule has 0 aliphatic carbocycles. The zero-order valence-electron chi connectivity index (χ0n) is 11.1. The van der Waals surface area contributed by atoms with Crippen LogP contribution in [0.25, 0.3) is 0 Å². The Bertz CT molecular complexity index is 613. The summed E-state index contributed by atoms with van der Waals surface area (Å²) >= 11 is 6.51. The first kappa shape index (κ1) is 16.2. The third-order valence-corrected chi connectivity index (χ3v) is 7.03. The molecule has 1 heterocycles. The van der Waals surface area contributed by atoms with Gasteiger partial charge in [-0.1, -0.05) is 0 Å². The van der Waals surface area contributed by atoms with Crippen LogP contribution < -0.4 is 10.5 Å². The molecule has 1 fully saturated rings. The second-order valence-corrected chi connectivity index (χ2v) is 8.43. The van der Waals surface area contributed by atoms with Gasteiger partial charge in [0, 0.05) is 21.2 Å². The molecule has 112 valence electrons. The molecule has 1 aliphatic rings. The monoisotopic (exact) mass is 426 g/mol. The van der Waals surface area contributed by atoms with E-state index in [1.54, 1.807) is 12.1 Å². The van der Waals surface area contributed by atoms with Gasteiger partial charge in [-0.05, 0) is 64.3 Å². The van der Waals surface area contributed by atoms with Crippen molar-refractivity contribution >= 4 is 47.6 Å². The van der Waals surface area contributed by atoms with E-state index in [2.05, 4.69) is 36.6 Å². The van der Waals surface area contributed by atoms with Crippen molar-refractivity contribution in [2.24, 2.45) is 0 Å². The zero-order valence-corrected chi connectivity index (χ0v) is 15.1. The maximum absolute atomic E-state index is 12.6. The first-order valence-electron chi connectivity index (χ1n) is 6.06. The molecule has 5 nitrogen and oxygen atoms in total. The predicted molar refractivity (Wildman–Crippen MR) is 85.0 cm³/mol. The highest BCUT2D eigenvalue weighted by atomic mass is 79.9. The lowest BCUT2D eigenvalue weighted by molar-refractivity contribution is 0.0957. The lowest BCUT2D eigenvalue weighted by Gasteiger charge is -2.29. The van der Waals surface area contributed by atoms with E-state index in [9.17, 15) is 8.42 Å². The van der Waals surface area contributed by atoms with Gasteiger partial charge in [0.1, 0.15) is 4.90 Å². The average Bonchev–Trinajstić information content (AvgIpc) is 2.55. The lowest BCUT2D eigenvalue weighted by atomic mass is 9.97. The molecule has 8 heteroatoms. The second-order valence-electron chi connectivity index (χ2n) is 5.10. The van der Waals surface area contributed by atoms with E-state index in [1.807, 2.05) is 13.8 Å². The van der Waals surface area contributed by atoms with Gasteiger partial charge < -0.3 is 10.5 Å². The Hall–Kier alpha value is -0.150. The van der Waals surface area contributed by atoms with Crippen LogP contribution >= 0.6 is 31.9 Å². The molecule has 0 aromatic heterocycles. The molecule has 20 heavy (non-hydrogen) atoms. The number of halogens is 2. The van der Waals surface area contributed by atoms with Crippen molar-refractivity contribution < 1.29 is 13.2 Å². The van der Waals surface area contributed by atoms with Gasteiger partial charge in [-0.3, -0.25) is 0 Å². The Labute approximate surface area is 135 Å². The first-order chi connectivity index (χ1) is 9.16. The molecule has 1 aliphatic heterocycles. The molecule has 1 aromatic rings. The highest BCUT2D eigenvalue weighted by Crippen LogP contribution is 2.34. The summed E-state index contributed by atoms with van der Waals surface area (Å²) in [5.74, 6) is 0. The molecule has 0 saturated carbocycles. The summed E-state index contributed by atoms with van der Waals surface area (Å²) in [6.07, 6.45) is 0.459. The highest BCUT2D eigenvalue weighted by Gasteiger charge is 2.41. The van der Waals surface area contributed by atoms with Crippen LogP contribution in [0.4, 0.5) is 5.69 Å². The van der Waals surface area contributed by atoms with Crippen LogP contribution in [0.1, 0.15) is 20.3 Å². The molecule has 0 radical (unpaired) electrons. The van der Waals surface area contributed by atoms with Crippen LogP contribution in [-0.2, 0) is 14.8 Å². The summed E-state index contributed by atoms with van der Waals surface area (Å²) in [5.41, 5.74) is 5.55. The largest absolute Gasteiger partial charge is 0.399 e. The third kappa shape index (κ3) is 3.04. The van der Waals surface area contributed by atoms with Crippen LogP contribution in [0.5, 0.6) is 0 Å². The maximum atomic E-state index is 12.6. The molecule has 3 N–H and O–H groups in total. The van der Waals surface area contributed by atoms with Gasteiger partial charge in [0.25, 0.3) is 0 Å². The molecule has 0 bridgehead atoms. The highest BCUT2D eigenvalue weighted by molar-refractivity contribution is 9.11. The SMILES string of the molecule is CC1OCCC1(C)NS(=O)(=O)c1c(Br)cc(N)cc1Br. The van der Waals surface area contributed by atoms with Crippen molar-refractivity contribution in [3.63, 3.8) is 0 Å². The zero-order chi connectivity index (χ0) is 15.1. The summed E-state index contributed by atoms with van der Waals surface area (Å²) < 4.78 is 34.3. The predicted octanol–water partition coefficient (Wildman–Crippen LogP) is 2.64. The summed E-state index contributed by atoms with van der Waals surface area (Å²) in [6.45, 7) is 4.26. The number of hydrogen-bond donors (Lipinski definition) is 2. The topological polar surface area (TPSA) is 81.4 Å². The lowest BCUT2D eigenvalue weighted by Crippen LogP contribution is -2.50. The maximum Gasteiger partial charge on any atom is 0.243 e. The van der Waals surface area contributed by atoms with E-state index in [-0.39, 0.29) is 11.0 Å². The molecule has 0 amide bonds. The van der Waals surface area contributed by atoms with Crippen molar-refractivity contribution in [2.75, 3.05) is 12.3 Å². The third-order valence-electron chi connectivity index (χ3n) is 3.54. The minimum Gasteiger partial charge on any atom is -0.399 e. The fourth-order valence-corrected chi connectivity index (χ4v) is 6.28. The Balaban J connectivity index is 2.42.